The topological polar surface area (TPSA) is 104 Å². The lowest BCUT2D eigenvalue weighted by Crippen LogP contribution is -2.54. The number of hydrogen-bond acceptors (Lipinski definition) is 5. The molecule has 1 fully saturated rings. The minimum atomic E-state index is -3.99. The molecular formula is C11H20N2O6S. The van der Waals surface area contributed by atoms with Gasteiger partial charge in [0.2, 0.25) is 0 Å². The number of nitrogens with zero attached hydrogens (tertiary/aromatic N) is 2. The zero-order valence-corrected chi connectivity index (χ0v) is 12.4. The SMILES string of the molecule is CCN(CC(=O)OC)S(=O)(=O)N1CCCCC1C(=O)O. The molecular weight excluding hydrogens is 288 g/mol. The first-order chi connectivity index (χ1) is 9.34. The minimum absolute atomic E-state index is 0.0697. The fourth-order valence-electron chi connectivity index (χ4n) is 2.14. The van der Waals surface area contributed by atoms with Gasteiger partial charge in [0.05, 0.1) is 7.11 Å². The number of carboxylic acids is 1. The van der Waals surface area contributed by atoms with Gasteiger partial charge < -0.3 is 9.84 Å². The van der Waals surface area contributed by atoms with Crippen LogP contribution in [0.1, 0.15) is 26.2 Å². The van der Waals surface area contributed by atoms with Crippen LogP contribution < -0.4 is 0 Å². The van der Waals surface area contributed by atoms with Gasteiger partial charge in [-0.3, -0.25) is 9.59 Å². The van der Waals surface area contributed by atoms with Gasteiger partial charge in [0.1, 0.15) is 12.6 Å². The quantitative estimate of drug-likeness (QED) is 0.673. The smallest absolute Gasteiger partial charge is 0.322 e. The summed E-state index contributed by atoms with van der Waals surface area (Å²) < 4.78 is 31.3. The van der Waals surface area contributed by atoms with Gasteiger partial charge >= 0.3 is 11.9 Å². The molecule has 0 spiro atoms. The van der Waals surface area contributed by atoms with Gasteiger partial charge in [-0.2, -0.15) is 17.0 Å². The van der Waals surface area contributed by atoms with Crippen molar-refractivity contribution >= 4 is 22.1 Å². The Labute approximate surface area is 118 Å². The van der Waals surface area contributed by atoms with E-state index in [9.17, 15) is 18.0 Å². The molecule has 1 unspecified atom stereocenters. The van der Waals surface area contributed by atoms with Gasteiger partial charge in [-0.05, 0) is 19.3 Å². The minimum Gasteiger partial charge on any atom is -0.480 e. The molecule has 9 heteroatoms. The number of carbonyl (C=O) groups is 2. The van der Waals surface area contributed by atoms with E-state index in [1.165, 1.54) is 7.11 Å². The summed E-state index contributed by atoms with van der Waals surface area (Å²) in [4.78, 5) is 22.4. The van der Waals surface area contributed by atoms with Gasteiger partial charge in [-0.1, -0.05) is 6.92 Å². The molecule has 0 aromatic rings. The molecule has 0 aliphatic carbocycles. The van der Waals surface area contributed by atoms with Crippen LogP contribution in [0.2, 0.25) is 0 Å². The average Bonchev–Trinajstić information content (AvgIpc) is 2.44. The highest BCUT2D eigenvalue weighted by Gasteiger charge is 2.40. The third-order valence-electron chi connectivity index (χ3n) is 3.25. The van der Waals surface area contributed by atoms with Crippen LogP contribution in [0.15, 0.2) is 0 Å². The normalized spacial score (nSPS) is 20.9. The Morgan fingerprint density at radius 2 is 2.05 bits per heavy atom. The van der Waals surface area contributed by atoms with E-state index in [0.29, 0.717) is 12.8 Å². The molecule has 20 heavy (non-hydrogen) atoms. The lowest BCUT2D eigenvalue weighted by Gasteiger charge is -2.35. The lowest BCUT2D eigenvalue weighted by atomic mass is 10.1. The molecule has 116 valence electrons. The summed E-state index contributed by atoms with van der Waals surface area (Å²) in [6, 6.07) is -1.07. The van der Waals surface area contributed by atoms with Crippen LogP contribution in [0.3, 0.4) is 0 Å². The predicted molar refractivity (Wildman–Crippen MR) is 70.2 cm³/mol. The Hall–Kier alpha value is -1.19. The zero-order valence-electron chi connectivity index (χ0n) is 11.6. The van der Waals surface area contributed by atoms with E-state index in [0.717, 1.165) is 8.61 Å². The second kappa shape index (κ2) is 7.00. The fraction of sp³-hybridized carbons (Fsp3) is 0.818. The van der Waals surface area contributed by atoms with E-state index in [4.69, 9.17) is 5.11 Å². The van der Waals surface area contributed by atoms with E-state index in [1.54, 1.807) is 6.92 Å². The summed E-state index contributed by atoms with van der Waals surface area (Å²) in [5, 5.41) is 9.14. The van der Waals surface area contributed by atoms with E-state index in [2.05, 4.69) is 4.74 Å². The molecule has 1 saturated heterocycles. The number of aliphatic carboxylic acids is 1. The van der Waals surface area contributed by atoms with E-state index >= 15 is 0 Å². The molecule has 0 aromatic carbocycles. The van der Waals surface area contributed by atoms with E-state index < -0.39 is 34.7 Å². The van der Waals surface area contributed by atoms with Crippen LogP contribution >= 0.6 is 0 Å². The van der Waals surface area contributed by atoms with E-state index in [-0.39, 0.29) is 19.5 Å². The maximum atomic E-state index is 12.5. The highest BCUT2D eigenvalue weighted by molar-refractivity contribution is 7.86. The summed E-state index contributed by atoms with van der Waals surface area (Å²) in [5.41, 5.74) is 0. The molecule has 0 radical (unpaired) electrons. The summed E-state index contributed by atoms with van der Waals surface area (Å²) in [7, 11) is -2.82. The predicted octanol–water partition coefficient (Wildman–Crippen LogP) is -0.335. The first-order valence-electron chi connectivity index (χ1n) is 6.41. The van der Waals surface area contributed by atoms with Crippen molar-refractivity contribution < 1.29 is 27.9 Å². The maximum absolute atomic E-state index is 12.5. The van der Waals surface area contributed by atoms with Gasteiger partial charge in [-0.15, -0.1) is 0 Å². The van der Waals surface area contributed by atoms with Crippen LogP contribution in [-0.4, -0.2) is 66.9 Å². The van der Waals surface area contributed by atoms with Crippen LogP contribution in [0, 0.1) is 0 Å². The zero-order chi connectivity index (χ0) is 15.3. The number of carboxylic acid groups (broad SMARTS) is 1. The molecule has 1 rings (SSSR count). The highest BCUT2D eigenvalue weighted by atomic mass is 32.2. The van der Waals surface area contributed by atoms with Crippen molar-refractivity contribution in [3.63, 3.8) is 0 Å². The number of piperidine rings is 1. The molecule has 0 aromatic heterocycles. The average molecular weight is 308 g/mol. The van der Waals surface area contributed by atoms with Crippen molar-refractivity contribution in [2.24, 2.45) is 0 Å². The second-order valence-corrected chi connectivity index (χ2v) is 6.35. The molecule has 1 heterocycles. The lowest BCUT2D eigenvalue weighted by molar-refractivity contribution is -0.142. The molecule has 1 aliphatic heterocycles. The van der Waals surface area contributed by atoms with Gasteiger partial charge in [-0.25, -0.2) is 0 Å². The molecule has 0 amide bonds. The van der Waals surface area contributed by atoms with Crippen LogP contribution in [0.5, 0.6) is 0 Å². The van der Waals surface area contributed by atoms with Crippen LogP contribution in [0.4, 0.5) is 0 Å². The maximum Gasteiger partial charge on any atom is 0.322 e. The number of carbonyl (C=O) groups excluding carboxylic acids is 1. The van der Waals surface area contributed by atoms with Crippen molar-refractivity contribution in [1.29, 1.82) is 0 Å². The summed E-state index contributed by atoms with van der Waals surface area (Å²) in [5.74, 6) is -1.85. The summed E-state index contributed by atoms with van der Waals surface area (Å²) in [6.07, 6.45) is 1.56. The van der Waals surface area contributed by atoms with Gasteiger partial charge in [0, 0.05) is 13.1 Å². The molecule has 1 N–H and O–H groups in total. The standard InChI is InChI=1S/C11H20N2O6S/c1-3-12(8-10(14)19-2)20(17,18)13-7-5-4-6-9(13)11(15)16/h9H,3-8H2,1-2H3,(H,15,16). The number of rotatable bonds is 6. The molecule has 0 saturated carbocycles. The third-order valence-corrected chi connectivity index (χ3v) is 5.32. The monoisotopic (exact) mass is 308 g/mol. The van der Waals surface area contributed by atoms with Crippen molar-refractivity contribution in [3.05, 3.63) is 0 Å². The highest BCUT2D eigenvalue weighted by Crippen LogP contribution is 2.22. The van der Waals surface area contributed by atoms with Crippen molar-refractivity contribution in [2.45, 2.75) is 32.2 Å². The molecule has 1 atom stereocenters. The largest absolute Gasteiger partial charge is 0.480 e. The number of ether oxygens (including phenoxy) is 1. The number of esters is 1. The van der Waals surface area contributed by atoms with Crippen molar-refractivity contribution in [2.75, 3.05) is 26.7 Å². The van der Waals surface area contributed by atoms with E-state index in [1.807, 2.05) is 0 Å². The van der Waals surface area contributed by atoms with Crippen LogP contribution in [-0.2, 0) is 24.5 Å². The Balaban J connectivity index is 2.98. The third kappa shape index (κ3) is 3.68. The Morgan fingerprint density at radius 1 is 1.40 bits per heavy atom. The summed E-state index contributed by atoms with van der Waals surface area (Å²) >= 11 is 0. The second-order valence-electron chi connectivity index (χ2n) is 4.47. The Kier molecular flexibility index (Phi) is 5.90. The number of likely N-dealkylation sites (N-methyl/N-ethyl adjacent to an activating group) is 1. The molecule has 0 bridgehead atoms. The first-order valence-corrected chi connectivity index (χ1v) is 7.80. The van der Waals surface area contributed by atoms with Crippen molar-refractivity contribution in [3.8, 4) is 0 Å². The van der Waals surface area contributed by atoms with Crippen molar-refractivity contribution in [1.82, 2.24) is 8.61 Å². The van der Waals surface area contributed by atoms with Crippen LogP contribution in [0.25, 0.3) is 0 Å². The molecule has 1 aliphatic rings. The molecule has 8 nitrogen and oxygen atoms in total. The Bertz CT molecular complexity index is 464. The first kappa shape index (κ1) is 16.9. The summed E-state index contributed by atoms with van der Waals surface area (Å²) in [6.45, 7) is 1.38. The van der Waals surface area contributed by atoms with Gasteiger partial charge in [0.15, 0.2) is 0 Å². The van der Waals surface area contributed by atoms with Gasteiger partial charge in [0.25, 0.3) is 10.2 Å². The fourth-order valence-corrected chi connectivity index (χ4v) is 3.91. The Morgan fingerprint density at radius 3 is 2.55 bits per heavy atom. The number of methoxy groups -OCH3 is 1. The number of hydrogen-bond donors (Lipinski definition) is 1.